The van der Waals surface area contributed by atoms with Crippen LogP contribution in [0, 0.1) is 5.41 Å². The Morgan fingerprint density at radius 2 is 2.11 bits per heavy atom. The van der Waals surface area contributed by atoms with Crippen LogP contribution < -0.4 is 10.5 Å². The van der Waals surface area contributed by atoms with Crippen molar-refractivity contribution in [3.8, 4) is 0 Å². The predicted molar refractivity (Wildman–Crippen MR) is 73.4 cm³/mol. The summed E-state index contributed by atoms with van der Waals surface area (Å²) >= 11 is 0. The number of nitrogens with two attached hydrogens (primary N) is 1. The second kappa shape index (κ2) is 4.90. The number of hydrogen-bond donors (Lipinski definition) is 2. The van der Waals surface area contributed by atoms with Crippen LogP contribution in [0.4, 0.5) is 5.69 Å². The van der Waals surface area contributed by atoms with Crippen LogP contribution in [0.25, 0.3) is 0 Å². The molecule has 18 heavy (non-hydrogen) atoms. The zero-order valence-corrected chi connectivity index (χ0v) is 11.5. The molecule has 1 saturated carbocycles. The first kappa shape index (κ1) is 13.4. The van der Waals surface area contributed by atoms with Crippen molar-refractivity contribution in [3.63, 3.8) is 0 Å². The van der Waals surface area contributed by atoms with Gasteiger partial charge in [0.1, 0.15) is 0 Å². The molecule has 2 rings (SSSR count). The summed E-state index contributed by atoms with van der Waals surface area (Å²) in [5.74, 6) is -0.00215. The summed E-state index contributed by atoms with van der Waals surface area (Å²) in [5, 5.41) is 0. The summed E-state index contributed by atoms with van der Waals surface area (Å²) in [6, 6.07) is 7.00. The molecule has 0 bridgehead atoms. The van der Waals surface area contributed by atoms with E-state index >= 15 is 0 Å². The maximum atomic E-state index is 11.9. The normalized spacial score (nSPS) is 17.6. The van der Waals surface area contributed by atoms with Gasteiger partial charge in [-0.25, -0.2) is 13.1 Å². The highest BCUT2D eigenvalue weighted by molar-refractivity contribution is 7.88. The average Bonchev–Trinajstić information content (AvgIpc) is 3.07. The molecule has 1 fully saturated rings. The Bertz CT molecular complexity index is 522. The van der Waals surface area contributed by atoms with Crippen LogP contribution in [0.3, 0.4) is 0 Å². The zero-order chi connectivity index (χ0) is 13.2. The molecule has 0 atom stereocenters. The van der Waals surface area contributed by atoms with E-state index in [1.54, 1.807) is 24.3 Å². The molecule has 0 spiro atoms. The number of nitrogens with one attached hydrogen (secondary N) is 1. The highest BCUT2D eigenvalue weighted by atomic mass is 32.2. The lowest BCUT2D eigenvalue weighted by Gasteiger charge is -2.13. The summed E-state index contributed by atoms with van der Waals surface area (Å²) in [4.78, 5) is 0. The number of nitrogen functional groups attached to an aromatic ring is 1. The van der Waals surface area contributed by atoms with Crippen molar-refractivity contribution in [2.75, 3.05) is 12.3 Å². The zero-order valence-electron chi connectivity index (χ0n) is 10.6. The first-order valence-electron chi connectivity index (χ1n) is 6.26. The molecular weight excluding hydrogens is 248 g/mol. The van der Waals surface area contributed by atoms with Gasteiger partial charge in [-0.3, -0.25) is 0 Å². The molecule has 0 heterocycles. The molecular formula is C13H20N2O2S. The van der Waals surface area contributed by atoms with E-state index in [0.29, 0.717) is 12.2 Å². The number of hydrogen-bond acceptors (Lipinski definition) is 3. The third-order valence-electron chi connectivity index (χ3n) is 3.68. The summed E-state index contributed by atoms with van der Waals surface area (Å²) in [6.45, 7) is 2.67. The minimum atomic E-state index is -3.26. The molecule has 0 aliphatic heterocycles. The van der Waals surface area contributed by atoms with Crippen molar-refractivity contribution in [1.29, 1.82) is 0 Å². The van der Waals surface area contributed by atoms with Crippen LogP contribution in [-0.4, -0.2) is 15.0 Å². The van der Waals surface area contributed by atoms with Crippen LogP contribution >= 0.6 is 0 Å². The van der Waals surface area contributed by atoms with Gasteiger partial charge in [-0.2, -0.15) is 0 Å². The molecule has 5 heteroatoms. The Balaban J connectivity index is 1.95. The molecule has 1 aromatic carbocycles. The van der Waals surface area contributed by atoms with Gasteiger partial charge in [0, 0.05) is 12.2 Å². The van der Waals surface area contributed by atoms with E-state index in [2.05, 4.69) is 11.6 Å². The topological polar surface area (TPSA) is 72.2 Å². The second-order valence-electron chi connectivity index (χ2n) is 5.18. The first-order chi connectivity index (χ1) is 8.45. The summed E-state index contributed by atoms with van der Waals surface area (Å²) in [5.41, 5.74) is 7.18. The molecule has 1 aromatic rings. The fraction of sp³-hybridized carbons (Fsp3) is 0.538. The fourth-order valence-corrected chi connectivity index (χ4v) is 3.30. The molecule has 3 N–H and O–H groups in total. The lowest BCUT2D eigenvalue weighted by atomic mass is 10.1. The van der Waals surface area contributed by atoms with Gasteiger partial charge in [-0.1, -0.05) is 19.1 Å². The largest absolute Gasteiger partial charge is 0.399 e. The van der Waals surface area contributed by atoms with Gasteiger partial charge < -0.3 is 5.73 Å². The Labute approximate surface area is 109 Å². The van der Waals surface area contributed by atoms with Crippen molar-refractivity contribution in [3.05, 3.63) is 29.8 Å². The van der Waals surface area contributed by atoms with Crippen LogP contribution in [0.1, 0.15) is 31.7 Å². The van der Waals surface area contributed by atoms with E-state index in [-0.39, 0.29) is 11.2 Å². The van der Waals surface area contributed by atoms with Gasteiger partial charge in [0.25, 0.3) is 0 Å². The third-order valence-corrected chi connectivity index (χ3v) is 4.98. The molecule has 0 amide bonds. The number of rotatable bonds is 6. The van der Waals surface area contributed by atoms with Gasteiger partial charge in [0.2, 0.25) is 10.0 Å². The maximum Gasteiger partial charge on any atom is 0.215 e. The minimum Gasteiger partial charge on any atom is -0.399 e. The minimum absolute atomic E-state index is 0.00215. The molecule has 0 aromatic heterocycles. The van der Waals surface area contributed by atoms with Crippen molar-refractivity contribution >= 4 is 15.7 Å². The maximum absolute atomic E-state index is 11.9. The Morgan fingerprint density at radius 1 is 1.39 bits per heavy atom. The Morgan fingerprint density at radius 3 is 2.67 bits per heavy atom. The highest BCUT2D eigenvalue weighted by Crippen LogP contribution is 2.47. The summed E-state index contributed by atoms with van der Waals surface area (Å²) in [7, 11) is -3.26. The monoisotopic (exact) mass is 268 g/mol. The van der Waals surface area contributed by atoms with E-state index in [4.69, 9.17) is 5.73 Å². The highest BCUT2D eigenvalue weighted by Gasteiger charge is 2.41. The summed E-state index contributed by atoms with van der Waals surface area (Å²) in [6.07, 6.45) is 3.29. The van der Waals surface area contributed by atoms with Gasteiger partial charge in [0.15, 0.2) is 0 Å². The first-order valence-corrected chi connectivity index (χ1v) is 7.92. The van der Waals surface area contributed by atoms with E-state index in [9.17, 15) is 8.42 Å². The van der Waals surface area contributed by atoms with E-state index < -0.39 is 10.0 Å². The van der Waals surface area contributed by atoms with E-state index in [1.165, 1.54) is 0 Å². The second-order valence-corrected chi connectivity index (χ2v) is 6.99. The van der Waals surface area contributed by atoms with E-state index in [1.807, 2.05) is 0 Å². The van der Waals surface area contributed by atoms with Crippen molar-refractivity contribution in [2.24, 2.45) is 5.41 Å². The van der Waals surface area contributed by atoms with Gasteiger partial charge in [0.05, 0.1) is 5.75 Å². The average molecular weight is 268 g/mol. The van der Waals surface area contributed by atoms with Gasteiger partial charge in [-0.05, 0) is 42.4 Å². The molecule has 1 aliphatic carbocycles. The van der Waals surface area contributed by atoms with Crippen LogP contribution in [0.5, 0.6) is 0 Å². The third kappa shape index (κ3) is 3.46. The SMILES string of the molecule is CCC1(CNS(=O)(=O)Cc2cccc(N)c2)CC1. The van der Waals surface area contributed by atoms with Crippen molar-refractivity contribution in [1.82, 2.24) is 4.72 Å². The lowest BCUT2D eigenvalue weighted by molar-refractivity contribution is 0.475. The molecule has 4 nitrogen and oxygen atoms in total. The standard InChI is InChI=1S/C13H20N2O2S/c1-2-13(6-7-13)10-15-18(16,17)9-11-4-3-5-12(14)8-11/h3-5,8,15H,2,6-7,9-10,14H2,1H3. The predicted octanol–water partition coefficient (Wildman–Crippen LogP) is 1.88. The fourth-order valence-electron chi connectivity index (χ4n) is 2.05. The number of anilines is 1. The molecule has 0 unspecified atom stereocenters. The van der Waals surface area contributed by atoms with Crippen LogP contribution in [-0.2, 0) is 15.8 Å². The lowest BCUT2D eigenvalue weighted by Crippen LogP contribution is -2.31. The molecule has 1 aliphatic rings. The van der Waals surface area contributed by atoms with Crippen LogP contribution in [0.15, 0.2) is 24.3 Å². The quantitative estimate of drug-likeness (QED) is 0.774. The number of sulfonamides is 1. The van der Waals surface area contributed by atoms with E-state index in [0.717, 1.165) is 24.8 Å². The van der Waals surface area contributed by atoms with Gasteiger partial charge >= 0.3 is 0 Å². The number of benzene rings is 1. The molecule has 100 valence electrons. The summed E-state index contributed by atoms with van der Waals surface area (Å²) < 4.78 is 26.6. The molecule has 0 saturated heterocycles. The van der Waals surface area contributed by atoms with Crippen molar-refractivity contribution in [2.45, 2.75) is 31.9 Å². The Kier molecular flexibility index (Phi) is 3.64. The molecule has 0 radical (unpaired) electrons. The smallest absolute Gasteiger partial charge is 0.215 e. The van der Waals surface area contributed by atoms with Crippen molar-refractivity contribution < 1.29 is 8.42 Å². The Hall–Kier alpha value is -1.07. The van der Waals surface area contributed by atoms with Crippen LogP contribution in [0.2, 0.25) is 0 Å². The van der Waals surface area contributed by atoms with Gasteiger partial charge in [-0.15, -0.1) is 0 Å².